The van der Waals surface area contributed by atoms with Gasteiger partial charge in [-0.25, -0.2) is 0 Å². The minimum atomic E-state index is 0. The van der Waals surface area contributed by atoms with Crippen LogP contribution in [0.1, 0.15) is 0 Å². The van der Waals surface area contributed by atoms with Gasteiger partial charge < -0.3 is 34.0 Å². The van der Waals surface area contributed by atoms with Crippen molar-refractivity contribution in [3.8, 4) is 0 Å². The van der Waals surface area contributed by atoms with Crippen LogP contribution < -0.4 is 38.9 Å². The molecule has 1 aromatic heterocycles. The molecule has 1 N–H and O–H groups in total. The second-order valence-corrected chi connectivity index (χ2v) is 5.66. The zero-order valence-corrected chi connectivity index (χ0v) is 16.7. The Labute approximate surface area is 139 Å². The maximum atomic E-state index is 3.41. The normalized spacial score (nSPS) is 8.69. The van der Waals surface area contributed by atoms with E-state index in [1.807, 2.05) is 0 Å². The molecule has 0 aromatic carbocycles. The van der Waals surface area contributed by atoms with E-state index < -0.39 is 0 Å². The Balaban J connectivity index is 0. The molecule has 0 aliphatic heterocycles. The maximum Gasteiger partial charge on any atom is 0.262 e. The SMILES string of the molecule is Brc1[nH+]c(Br)c(Br)c(Br)c1Br.[Br-].[Br-]. The number of hydrogen-bond donors (Lipinski definition) is 0. The van der Waals surface area contributed by atoms with Gasteiger partial charge in [-0.1, -0.05) is 0 Å². The molecule has 0 aliphatic rings. The van der Waals surface area contributed by atoms with E-state index >= 15 is 0 Å². The van der Waals surface area contributed by atoms with Gasteiger partial charge in [-0.3, -0.25) is 0 Å². The van der Waals surface area contributed by atoms with Gasteiger partial charge in [0.1, 0.15) is 8.95 Å². The van der Waals surface area contributed by atoms with Gasteiger partial charge in [0.2, 0.25) is 0 Å². The summed E-state index contributed by atoms with van der Waals surface area (Å²) in [5, 5.41) is 0. The van der Waals surface area contributed by atoms with Gasteiger partial charge in [0.05, 0.1) is 4.47 Å². The average molecular weight is 634 g/mol. The fourth-order valence-electron chi connectivity index (χ4n) is 0.495. The van der Waals surface area contributed by atoms with Gasteiger partial charge >= 0.3 is 0 Å². The third kappa shape index (κ3) is 4.48. The summed E-state index contributed by atoms with van der Waals surface area (Å²) in [5.41, 5.74) is 0. The van der Waals surface area contributed by atoms with Crippen molar-refractivity contribution < 1.29 is 38.9 Å². The standard InChI is InChI=1S/C5Br5N.2BrH/c6-1-2(7)4(9)11-5(10)3(1)8;;/h;2*1H/p-1. The number of aromatic amines is 1. The lowest BCUT2D eigenvalue weighted by Crippen LogP contribution is -3.00. The van der Waals surface area contributed by atoms with Crippen LogP contribution in [0.3, 0.4) is 0 Å². The topological polar surface area (TPSA) is 14.1 Å². The van der Waals surface area contributed by atoms with E-state index in [0.717, 1.165) is 22.6 Å². The molecule has 1 nitrogen and oxygen atoms in total. The first kappa shape index (κ1) is 17.9. The highest BCUT2D eigenvalue weighted by molar-refractivity contribution is 9.15. The summed E-state index contributed by atoms with van der Waals surface area (Å²) in [5.74, 6) is 0. The third-order valence-electron chi connectivity index (χ3n) is 0.990. The van der Waals surface area contributed by atoms with E-state index in [4.69, 9.17) is 0 Å². The lowest BCUT2D eigenvalue weighted by molar-refractivity contribution is -0.408. The zero-order chi connectivity index (χ0) is 8.59. The summed E-state index contributed by atoms with van der Waals surface area (Å²) in [4.78, 5) is 3.06. The number of aromatic nitrogens is 1. The molecular weight excluding hydrogens is 633 g/mol. The Bertz CT molecular complexity index is 273. The van der Waals surface area contributed by atoms with Gasteiger partial charge in [-0.2, -0.15) is 4.98 Å². The van der Waals surface area contributed by atoms with Gasteiger partial charge in [-0.15, -0.1) is 0 Å². The molecule has 0 saturated heterocycles. The van der Waals surface area contributed by atoms with Crippen molar-refractivity contribution in [1.29, 1.82) is 0 Å². The van der Waals surface area contributed by atoms with Gasteiger partial charge in [0, 0.05) is 31.9 Å². The van der Waals surface area contributed by atoms with Crippen molar-refractivity contribution in [2.75, 3.05) is 0 Å². The second-order valence-electron chi connectivity index (χ2n) is 1.69. The molecule has 0 saturated carbocycles. The fourth-order valence-corrected chi connectivity index (χ4v) is 3.34. The number of hydrogen-bond acceptors (Lipinski definition) is 0. The first-order chi connectivity index (χ1) is 5.04. The van der Waals surface area contributed by atoms with Crippen LogP contribution in [0, 0.1) is 0 Å². The van der Waals surface area contributed by atoms with Crippen molar-refractivity contribution in [2.45, 2.75) is 0 Å². The number of nitrogens with one attached hydrogen (secondary N) is 1. The van der Waals surface area contributed by atoms with Crippen molar-refractivity contribution >= 4 is 79.6 Å². The number of halogens is 7. The van der Waals surface area contributed by atoms with Gasteiger partial charge in [0.15, 0.2) is 0 Å². The van der Waals surface area contributed by atoms with Crippen LogP contribution >= 0.6 is 79.6 Å². The molecule has 1 aromatic rings. The van der Waals surface area contributed by atoms with Crippen LogP contribution in [0.5, 0.6) is 0 Å². The summed E-state index contributed by atoms with van der Waals surface area (Å²) >= 11 is 16.9. The number of pyridine rings is 1. The van der Waals surface area contributed by atoms with Crippen LogP contribution in [-0.4, -0.2) is 0 Å². The highest BCUT2D eigenvalue weighted by Gasteiger charge is 2.16. The van der Waals surface area contributed by atoms with E-state index in [-0.39, 0.29) is 34.0 Å². The molecular formula is C5HBr7N-. The molecule has 0 aliphatic carbocycles. The first-order valence-electron chi connectivity index (χ1n) is 2.44. The van der Waals surface area contributed by atoms with E-state index in [0.29, 0.717) is 0 Å². The Kier molecular flexibility index (Phi) is 10.6. The maximum absolute atomic E-state index is 3.41. The van der Waals surface area contributed by atoms with Crippen molar-refractivity contribution in [3.63, 3.8) is 0 Å². The molecule has 76 valence electrons. The Morgan fingerprint density at radius 2 is 0.923 bits per heavy atom. The largest absolute Gasteiger partial charge is 1.00 e. The van der Waals surface area contributed by atoms with Crippen LogP contribution in [0.2, 0.25) is 0 Å². The zero-order valence-electron chi connectivity index (χ0n) is 5.65. The molecule has 0 bridgehead atoms. The number of H-pyrrole nitrogens is 1. The summed E-state index contributed by atoms with van der Waals surface area (Å²) in [6.45, 7) is 0. The molecule has 1 rings (SSSR count). The summed E-state index contributed by atoms with van der Waals surface area (Å²) in [7, 11) is 0. The Morgan fingerprint density at radius 3 is 1.23 bits per heavy atom. The molecule has 1 heterocycles. The molecule has 8 heteroatoms. The highest BCUT2D eigenvalue weighted by Crippen LogP contribution is 2.36. The van der Waals surface area contributed by atoms with Gasteiger partial charge in [-0.05, 0) is 47.8 Å². The van der Waals surface area contributed by atoms with Crippen LogP contribution in [-0.2, 0) is 0 Å². The van der Waals surface area contributed by atoms with Crippen LogP contribution in [0.25, 0.3) is 0 Å². The van der Waals surface area contributed by atoms with Gasteiger partial charge in [0.25, 0.3) is 9.21 Å². The van der Waals surface area contributed by atoms with Crippen molar-refractivity contribution in [2.24, 2.45) is 0 Å². The van der Waals surface area contributed by atoms with E-state index in [1.54, 1.807) is 0 Å². The monoisotopic (exact) mass is 627 g/mol. The smallest absolute Gasteiger partial charge is 0.262 e. The molecule has 0 radical (unpaired) electrons. The molecule has 13 heavy (non-hydrogen) atoms. The molecule has 0 atom stereocenters. The molecule has 0 spiro atoms. The summed E-state index contributed by atoms with van der Waals surface area (Å²) in [6, 6.07) is 0. The van der Waals surface area contributed by atoms with Crippen molar-refractivity contribution in [3.05, 3.63) is 22.6 Å². The third-order valence-corrected chi connectivity index (χ3v) is 6.69. The lowest BCUT2D eigenvalue weighted by Gasteiger charge is -1.97. The number of rotatable bonds is 0. The second kappa shape index (κ2) is 7.73. The first-order valence-corrected chi connectivity index (χ1v) is 6.41. The Morgan fingerprint density at radius 1 is 0.615 bits per heavy atom. The summed E-state index contributed by atoms with van der Waals surface area (Å²) < 4.78 is 4.65. The predicted molar refractivity (Wildman–Crippen MR) is 61.5 cm³/mol. The lowest BCUT2D eigenvalue weighted by atomic mass is 10.5. The van der Waals surface area contributed by atoms with Crippen molar-refractivity contribution in [1.82, 2.24) is 0 Å². The van der Waals surface area contributed by atoms with E-state index in [2.05, 4.69) is 84.6 Å². The predicted octanol–water partition coefficient (Wildman–Crippen LogP) is -1.68. The highest BCUT2D eigenvalue weighted by atomic mass is 79.9. The molecule has 0 amide bonds. The van der Waals surface area contributed by atoms with E-state index in [1.165, 1.54) is 0 Å². The van der Waals surface area contributed by atoms with Crippen LogP contribution in [0.15, 0.2) is 22.6 Å². The minimum absolute atomic E-state index is 0. The molecule has 0 fully saturated rings. The fraction of sp³-hybridized carbons (Fsp3) is 0. The minimum Gasteiger partial charge on any atom is -1.00 e. The quantitative estimate of drug-likeness (QED) is 0.304. The Hall–Kier alpha value is 2.51. The van der Waals surface area contributed by atoms with Crippen LogP contribution in [0.4, 0.5) is 0 Å². The summed E-state index contributed by atoms with van der Waals surface area (Å²) in [6.07, 6.45) is 0. The average Bonchev–Trinajstić information content (AvgIpc) is 1.97. The molecule has 0 unspecified atom stereocenters. The van der Waals surface area contributed by atoms with E-state index in [9.17, 15) is 0 Å².